The van der Waals surface area contributed by atoms with Crippen LogP contribution in [0.15, 0.2) is 41.0 Å². The second-order valence-electron chi connectivity index (χ2n) is 4.77. The Hall–Kier alpha value is -2.51. The van der Waals surface area contributed by atoms with Crippen LogP contribution in [0.3, 0.4) is 0 Å². The van der Waals surface area contributed by atoms with E-state index < -0.39 is 0 Å². The maximum atomic E-state index is 12.0. The number of amides is 1. The van der Waals surface area contributed by atoms with E-state index in [0.717, 1.165) is 16.9 Å². The Kier molecular flexibility index (Phi) is 4.81. The number of aryl methyl sites for hydroxylation is 1. The van der Waals surface area contributed by atoms with Gasteiger partial charge in [0.15, 0.2) is 0 Å². The van der Waals surface area contributed by atoms with Crippen LogP contribution in [-0.2, 0) is 0 Å². The minimum absolute atomic E-state index is 0.0933. The molecule has 108 valence electrons. The van der Waals surface area contributed by atoms with Crippen LogP contribution in [0.5, 0.6) is 0 Å². The number of hydrogen-bond acceptors (Lipinski definition) is 3. The van der Waals surface area contributed by atoms with Gasteiger partial charge in [-0.2, -0.15) is 0 Å². The summed E-state index contributed by atoms with van der Waals surface area (Å²) in [5.74, 6) is 6.34. The maximum absolute atomic E-state index is 12.0. The molecule has 1 amide bonds. The number of furan rings is 1. The summed E-state index contributed by atoms with van der Waals surface area (Å²) in [6, 6.07) is 9.36. The number of hydrogen-bond donors (Lipinski definition) is 2. The number of benzene rings is 1. The molecule has 0 fully saturated rings. The van der Waals surface area contributed by atoms with Gasteiger partial charge in [-0.1, -0.05) is 24.0 Å². The van der Waals surface area contributed by atoms with Gasteiger partial charge in [0.2, 0.25) is 0 Å². The first-order chi connectivity index (χ1) is 10.1. The molecule has 0 radical (unpaired) electrons. The van der Waals surface area contributed by atoms with Gasteiger partial charge in [0.05, 0.1) is 18.2 Å². The standard InChI is InChI=1S/C17H18N2O2/c1-12-10-16(11-21-12)17(20)19-13(2)15-7-5-14(6-8-15)4-3-9-18/h5-8,10-11,13H,9,18H2,1-2H3,(H,19,20). The third-order valence-electron chi connectivity index (χ3n) is 3.09. The molecule has 4 nitrogen and oxygen atoms in total. The van der Waals surface area contributed by atoms with Crippen LogP contribution in [0.1, 0.15) is 40.2 Å². The third kappa shape index (κ3) is 3.98. The lowest BCUT2D eigenvalue weighted by molar-refractivity contribution is 0.0939. The van der Waals surface area contributed by atoms with Gasteiger partial charge in [-0.3, -0.25) is 4.79 Å². The molecule has 1 atom stereocenters. The van der Waals surface area contributed by atoms with E-state index in [0.29, 0.717) is 12.1 Å². The largest absolute Gasteiger partial charge is 0.469 e. The minimum Gasteiger partial charge on any atom is -0.469 e. The molecule has 1 heterocycles. The molecule has 0 saturated heterocycles. The second kappa shape index (κ2) is 6.78. The Morgan fingerprint density at radius 2 is 2.10 bits per heavy atom. The maximum Gasteiger partial charge on any atom is 0.255 e. The fourth-order valence-corrected chi connectivity index (χ4v) is 1.93. The van der Waals surface area contributed by atoms with Crippen molar-refractivity contribution in [2.45, 2.75) is 19.9 Å². The molecule has 1 aromatic heterocycles. The Balaban J connectivity index is 2.03. The first-order valence-electron chi connectivity index (χ1n) is 6.75. The van der Waals surface area contributed by atoms with Gasteiger partial charge >= 0.3 is 0 Å². The monoisotopic (exact) mass is 282 g/mol. The van der Waals surface area contributed by atoms with E-state index >= 15 is 0 Å². The molecular weight excluding hydrogens is 264 g/mol. The molecule has 0 aliphatic carbocycles. The van der Waals surface area contributed by atoms with Gasteiger partial charge in [-0.15, -0.1) is 0 Å². The van der Waals surface area contributed by atoms with Crippen LogP contribution in [0.25, 0.3) is 0 Å². The normalized spacial score (nSPS) is 11.4. The number of nitrogens with one attached hydrogen (secondary N) is 1. The average molecular weight is 282 g/mol. The minimum atomic E-state index is -0.147. The molecule has 0 aliphatic heterocycles. The van der Waals surface area contributed by atoms with Gasteiger partial charge in [-0.05, 0) is 37.6 Å². The Bertz CT molecular complexity index is 675. The summed E-state index contributed by atoms with van der Waals surface area (Å²) < 4.78 is 5.14. The molecule has 0 saturated carbocycles. The zero-order chi connectivity index (χ0) is 15.2. The zero-order valence-corrected chi connectivity index (χ0v) is 12.1. The van der Waals surface area contributed by atoms with E-state index in [1.807, 2.05) is 31.2 Å². The highest BCUT2D eigenvalue weighted by molar-refractivity contribution is 5.94. The van der Waals surface area contributed by atoms with E-state index in [2.05, 4.69) is 17.2 Å². The van der Waals surface area contributed by atoms with E-state index in [-0.39, 0.29) is 11.9 Å². The predicted molar refractivity (Wildman–Crippen MR) is 81.7 cm³/mol. The van der Waals surface area contributed by atoms with Crippen LogP contribution in [0, 0.1) is 18.8 Å². The molecule has 3 N–H and O–H groups in total. The summed E-state index contributed by atoms with van der Waals surface area (Å²) in [6.45, 7) is 4.09. The first-order valence-corrected chi connectivity index (χ1v) is 6.75. The van der Waals surface area contributed by atoms with Crippen molar-refractivity contribution in [2.24, 2.45) is 5.73 Å². The van der Waals surface area contributed by atoms with Crippen molar-refractivity contribution in [2.75, 3.05) is 6.54 Å². The van der Waals surface area contributed by atoms with E-state index in [1.54, 1.807) is 13.0 Å². The Morgan fingerprint density at radius 3 is 2.67 bits per heavy atom. The van der Waals surface area contributed by atoms with Gasteiger partial charge in [0, 0.05) is 5.56 Å². The highest BCUT2D eigenvalue weighted by atomic mass is 16.3. The molecule has 0 bridgehead atoms. The number of nitrogens with two attached hydrogens (primary N) is 1. The van der Waals surface area contributed by atoms with Crippen molar-refractivity contribution in [1.29, 1.82) is 0 Å². The quantitative estimate of drug-likeness (QED) is 0.849. The lowest BCUT2D eigenvalue weighted by atomic mass is 10.1. The van der Waals surface area contributed by atoms with Crippen molar-refractivity contribution >= 4 is 5.91 Å². The molecule has 2 rings (SSSR count). The molecular formula is C17H18N2O2. The predicted octanol–water partition coefficient (Wildman–Crippen LogP) is 2.39. The van der Waals surface area contributed by atoms with Crippen LogP contribution in [-0.4, -0.2) is 12.5 Å². The van der Waals surface area contributed by atoms with Crippen molar-refractivity contribution in [3.8, 4) is 11.8 Å². The van der Waals surface area contributed by atoms with Gasteiger partial charge in [0.25, 0.3) is 5.91 Å². The summed E-state index contributed by atoms with van der Waals surface area (Å²) in [5.41, 5.74) is 7.80. The van der Waals surface area contributed by atoms with Gasteiger partial charge in [-0.25, -0.2) is 0 Å². The lowest BCUT2D eigenvalue weighted by Crippen LogP contribution is -2.26. The average Bonchev–Trinajstić information content (AvgIpc) is 2.92. The second-order valence-corrected chi connectivity index (χ2v) is 4.77. The molecule has 1 aromatic carbocycles. The highest BCUT2D eigenvalue weighted by Gasteiger charge is 2.13. The van der Waals surface area contributed by atoms with Crippen molar-refractivity contribution in [3.63, 3.8) is 0 Å². The molecule has 4 heteroatoms. The van der Waals surface area contributed by atoms with Crippen molar-refractivity contribution in [1.82, 2.24) is 5.32 Å². The molecule has 21 heavy (non-hydrogen) atoms. The van der Waals surface area contributed by atoms with Crippen LogP contribution >= 0.6 is 0 Å². The smallest absolute Gasteiger partial charge is 0.255 e. The fourth-order valence-electron chi connectivity index (χ4n) is 1.93. The van der Waals surface area contributed by atoms with Crippen LogP contribution in [0.4, 0.5) is 0 Å². The van der Waals surface area contributed by atoms with E-state index in [1.165, 1.54) is 6.26 Å². The zero-order valence-electron chi connectivity index (χ0n) is 12.1. The number of carbonyl (C=O) groups is 1. The number of rotatable bonds is 3. The summed E-state index contributed by atoms with van der Waals surface area (Å²) in [7, 11) is 0. The molecule has 2 aromatic rings. The topological polar surface area (TPSA) is 68.3 Å². The Labute approximate surface area is 124 Å². The van der Waals surface area contributed by atoms with Crippen molar-refractivity contribution in [3.05, 3.63) is 59.0 Å². The molecule has 0 spiro atoms. The SMILES string of the molecule is Cc1cc(C(=O)NC(C)c2ccc(C#CCN)cc2)co1. The molecule has 0 aliphatic rings. The molecule has 1 unspecified atom stereocenters. The summed E-state index contributed by atoms with van der Waals surface area (Å²) >= 11 is 0. The van der Waals surface area contributed by atoms with Crippen LogP contribution < -0.4 is 11.1 Å². The highest BCUT2D eigenvalue weighted by Crippen LogP contribution is 2.15. The van der Waals surface area contributed by atoms with E-state index in [4.69, 9.17) is 10.2 Å². The van der Waals surface area contributed by atoms with Crippen molar-refractivity contribution < 1.29 is 9.21 Å². The summed E-state index contributed by atoms with van der Waals surface area (Å²) in [5, 5.41) is 2.93. The lowest BCUT2D eigenvalue weighted by Gasteiger charge is -2.13. The fraction of sp³-hybridized carbons (Fsp3) is 0.235. The third-order valence-corrected chi connectivity index (χ3v) is 3.09. The van der Waals surface area contributed by atoms with E-state index in [9.17, 15) is 4.79 Å². The first kappa shape index (κ1) is 14.9. The number of carbonyl (C=O) groups excluding carboxylic acids is 1. The van der Waals surface area contributed by atoms with Gasteiger partial charge < -0.3 is 15.5 Å². The summed E-state index contributed by atoms with van der Waals surface area (Å²) in [6.07, 6.45) is 1.46. The Morgan fingerprint density at radius 1 is 1.38 bits per heavy atom. The van der Waals surface area contributed by atoms with Crippen LogP contribution in [0.2, 0.25) is 0 Å². The summed E-state index contributed by atoms with van der Waals surface area (Å²) in [4.78, 5) is 12.0. The van der Waals surface area contributed by atoms with Gasteiger partial charge in [0.1, 0.15) is 12.0 Å².